The minimum atomic E-state index is -0.499. The maximum absolute atomic E-state index is 12.6. The number of halogens is 1. The van der Waals surface area contributed by atoms with Crippen LogP contribution in [0.1, 0.15) is 20.8 Å². The van der Waals surface area contributed by atoms with Gasteiger partial charge in [-0.05, 0) is 45.0 Å². The number of urea groups is 1. The molecule has 0 aromatic heterocycles. The molecule has 0 unspecified atom stereocenters. The molecule has 0 saturated carbocycles. The number of rotatable bonds is 2. The summed E-state index contributed by atoms with van der Waals surface area (Å²) in [5.41, 5.74) is 2.28. The molecule has 1 aromatic rings. The van der Waals surface area contributed by atoms with Gasteiger partial charge in [-0.3, -0.25) is 4.84 Å². The second-order valence-corrected chi connectivity index (χ2v) is 4.28. The maximum Gasteiger partial charge on any atom is 0.343 e. The Morgan fingerprint density at radius 2 is 1.81 bits per heavy atom. The number of hydrogen-bond donors (Lipinski definition) is 2. The van der Waals surface area contributed by atoms with Gasteiger partial charge in [0.25, 0.3) is 0 Å². The van der Waals surface area contributed by atoms with Gasteiger partial charge in [0.2, 0.25) is 0 Å². The minimum absolute atomic E-state index is 0.350. The topological polar surface area (TPSA) is 50.4 Å². The predicted octanol–water partition coefficient (Wildman–Crippen LogP) is 2.68. The van der Waals surface area contributed by atoms with Crippen LogP contribution >= 0.6 is 0 Å². The lowest BCUT2D eigenvalue weighted by Crippen LogP contribution is -2.36. The second-order valence-electron chi connectivity index (χ2n) is 4.28. The van der Waals surface area contributed by atoms with E-state index in [1.54, 1.807) is 0 Å². The zero-order valence-electron chi connectivity index (χ0n) is 9.50. The van der Waals surface area contributed by atoms with E-state index in [2.05, 4.69) is 10.8 Å². The smallest absolute Gasteiger partial charge is 0.306 e. The van der Waals surface area contributed by atoms with E-state index in [0.717, 1.165) is 0 Å². The summed E-state index contributed by atoms with van der Waals surface area (Å²) in [6.07, 6.45) is 0. The van der Waals surface area contributed by atoms with Gasteiger partial charge in [-0.25, -0.2) is 14.7 Å². The highest BCUT2D eigenvalue weighted by Gasteiger charge is 2.12. The van der Waals surface area contributed by atoms with Crippen molar-refractivity contribution in [2.45, 2.75) is 26.4 Å². The molecule has 2 N–H and O–H groups in total. The van der Waals surface area contributed by atoms with E-state index < -0.39 is 11.6 Å². The zero-order valence-corrected chi connectivity index (χ0v) is 9.50. The summed E-state index contributed by atoms with van der Waals surface area (Å²) in [6.45, 7) is 5.43. The lowest BCUT2D eigenvalue weighted by molar-refractivity contribution is -0.0505. The van der Waals surface area contributed by atoms with Crippen molar-refractivity contribution in [2.75, 3.05) is 5.32 Å². The molecule has 0 aliphatic heterocycles. The number of hydroxylamine groups is 1. The minimum Gasteiger partial charge on any atom is -0.306 e. The van der Waals surface area contributed by atoms with Gasteiger partial charge in [-0.15, -0.1) is 0 Å². The first-order chi connectivity index (χ1) is 7.37. The number of carbonyl (C=O) groups is 1. The highest BCUT2D eigenvalue weighted by Crippen LogP contribution is 2.08. The molecule has 5 heteroatoms. The Kier molecular flexibility index (Phi) is 3.84. The van der Waals surface area contributed by atoms with E-state index in [1.807, 2.05) is 20.8 Å². The van der Waals surface area contributed by atoms with Crippen molar-refractivity contribution < 1.29 is 14.0 Å². The largest absolute Gasteiger partial charge is 0.343 e. The summed E-state index contributed by atoms with van der Waals surface area (Å²) < 4.78 is 12.6. The number of amides is 2. The van der Waals surface area contributed by atoms with E-state index in [0.29, 0.717) is 5.69 Å². The van der Waals surface area contributed by atoms with Crippen molar-refractivity contribution in [3.8, 4) is 0 Å². The van der Waals surface area contributed by atoms with E-state index in [1.165, 1.54) is 24.3 Å². The van der Waals surface area contributed by atoms with Crippen molar-refractivity contribution in [2.24, 2.45) is 0 Å². The van der Waals surface area contributed by atoms with Crippen LogP contribution in [0.25, 0.3) is 0 Å². The molecule has 1 aromatic carbocycles. The van der Waals surface area contributed by atoms with Crippen molar-refractivity contribution in [3.05, 3.63) is 30.1 Å². The summed E-state index contributed by atoms with van der Waals surface area (Å²) in [6, 6.07) is 4.96. The van der Waals surface area contributed by atoms with Gasteiger partial charge < -0.3 is 5.32 Å². The molecule has 4 nitrogen and oxygen atoms in total. The fraction of sp³-hybridized carbons (Fsp3) is 0.364. The van der Waals surface area contributed by atoms with Gasteiger partial charge in [-0.2, -0.15) is 0 Å². The second kappa shape index (κ2) is 4.94. The van der Waals surface area contributed by atoms with Crippen LogP contribution in [0.3, 0.4) is 0 Å². The van der Waals surface area contributed by atoms with Gasteiger partial charge in [0.1, 0.15) is 5.82 Å². The fourth-order valence-corrected chi connectivity index (χ4v) is 0.889. The quantitative estimate of drug-likeness (QED) is 0.762. The first-order valence-corrected chi connectivity index (χ1v) is 4.87. The third-order valence-electron chi connectivity index (χ3n) is 1.55. The van der Waals surface area contributed by atoms with Crippen LogP contribution in [-0.4, -0.2) is 11.6 Å². The molecule has 0 aliphatic carbocycles. The predicted molar refractivity (Wildman–Crippen MR) is 59.4 cm³/mol. The first-order valence-electron chi connectivity index (χ1n) is 4.87. The van der Waals surface area contributed by atoms with Gasteiger partial charge in [-0.1, -0.05) is 0 Å². The third-order valence-corrected chi connectivity index (χ3v) is 1.55. The Labute approximate surface area is 93.8 Å². The molecule has 0 saturated heterocycles. The number of hydrogen-bond acceptors (Lipinski definition) is 2. The molecule has 0 aliphatic rings. The summed E-state index contributed by atoms with van der Waals surface area (Å²) in [5, 5.41) is 2.50. The van der Waals surface area contributed by atoms with Crippen LogP contribution in [0.5, 0.6) is 0 Å². The van der Waals surface area contributed by atoms with Crippen LogP contribution in [-0.2, 0) is 4.84 Å². The van der Waals surface area contributed by atoms with Gasteiger partial charge in [0.15, 0.2) is 0 Å². The summed E-state index contributed by atoms with van der Waals surface area (Å²) >= 11 is 0. The first kappa shape index (κ1) is 12.4. The third kappa shape index (κ3) is 4.75. The highest BCUT2D eigenvalue weighted by atomic mass is 19.1. The van der Waals surface area contributed by atoms with E-state index in [9.17, 15) is 9.18 Å². The Morgan fingerprint density at radius 1 is 1.25 bits per heavy atom. The van der Waals surface area contributed by atoms with Crippen molar-refractivity contribution in [1.82, 2.24) is 5.48 Å². The summed E-state index contributed by atoms with van der Waals surface area (Å²) in [7, 11) is 0. The zero-order chi connectivity index (χ0) is 12.2. The number of anilines is 1. The SMILES string of the molecule is CC(C)(C)ONC(=O)Nc1ccc(F)cc1. The fourth-order valence-electron chi connectivity index (χ4n) is 0.889. The molecule has 0 spiro atoms. The molecule has 88 valence electrons. The average molecular weight is 226 g/mol. The normalized spacial score (nSPS) is 11.0. The molecule has 0 atom stereocenters. The number of nitrogens with one attached hydrogen (secondary N) is 2. The number of benzene rings is 1. The van der Waals surface area contributed by atoms with Crippen molar-refractivity contribution >= 4 is 11.7 Å². The van der Waals surface area contributed by atoms with E-state index >= 15 is 0 Å². The molecular formula is C11H15FN2O2. The van der Waals surface area contributed by atoms with Crippen LogP contribution in [0.4, 0.5) is 14.9 Å². The van der Waals surface area contributed by atoms with Crippen molar-refractivity contribution in [1.29, 1.82) is 0 Å². The molecule has 0 bridgehead atoms. The van der Waals surface area contributed by atoms with Crippen LogP contribution in [0, 0.1) is 5.82 Å². The monoisotopic (exact) mass is 226 g/mol. The molecular weight excluding hydrogens is 211 g/mol. The Hall–Kier alpha value is -1.62. The lowest BCUT2D eigenvalue weighted by Gasteiger charge is -2.19. The summed E-state index contributed by atoms with van der Waals surface area (Å²) in [4.78, 5) is 16.4. The molecule has 2 amide bonds. The Morgan fingerprint density at radius 3 is 2.31 bits per heavy atom. The Bertz CT molecular complexity index is 357. The Balaban J connectivity index is 2.43. The summed E-state index contributed by atoms with van der Waals surface area (Å²) in [5.74, 6) is -0.350. The maximum atomic E-state index is 12.6. The van der Waals surface area contributed by atoms with Gasteiger partial charge in [0, 0.05) is 5.69 Å². The highest BCUT2D eigenvalue weighted by molar-refractivity contribution is 5.88. The van der Waals surface area contributed by atoms with Crippen LogP contribution in [0.2, 0.25) is 0 Å². The molecule has 1 rings (SSSR count). The van der Waals surface area contributed by atoms with Crippen molar-refractivity contribution in [3.63, 3.8) is 0 Å². The number of carbonyl (C=O) groups excluding carboxylic acids is 1. The molecule has 0 heterocycles. The lowest BCUT2D eigenvalue weighted by atomic mass is 10.2. The molecule has 0 radical (unpaired) electrons. The van der Waals surface area contributed by atoms with Gasteiger partial charge in [0.05, 0.1) is 5.60 Å². The van der Waals surface area contributed by atoms with E-state index in [4.69, 9.17) is 4.84 Å². The standard InChI is InChI=1S/C11H15FN2O2/c1-11(2,3)16-14-10(15)13-9-6-4-8(12)5-7-9/h4-7H,1-3H3,(H2,13,14,15). The van der Waals surface area contributed by atoms with Crippen LogP contribution < -0.4 is 10.8 Å². The van der Waals surface area contributed by atoms with E-state index in [-0.39, 0.29) is 5.82 Å². The van der Waals surface area contributed by atoms with Gasteiger partial charge >= 0.3 is 6.03 Å². The molecule has 16 heavy (non-hydrogen) atoms. The average Bonchev–Trinajstić information content (AvgIpc) is 2.18. The van der Waals surface area contributed by atoms with Crippen LogP contribution in [0.15, 0.2) is 24.3 Å². The molecule has 0 fully saturated rings.